The average Bonchev–Trinajstić information content (AvgIpc) is 3.12. The van der Waals surface area contributed by atoms with Crippen molar-refractivity contribution in [3.05, 3.63) is 29.3 Å². The number of quaternary nitrogens is 1. The number of benzene rings is 1. The molecule has 0 spiro atoms. The number of carbonyl (C=O) groups excluding carboxylic acids is 1. The van der Waals surface area contributed by atoms with Gasteiger partial charge in [0.25, 0.3) is 5.91 Å². The van der Waals surface area contributed by atoms with E-state index >= 15 is 0 Å². The predicted molar refractivity (Wildman–Crippen MR) is 94.7 cm³/mol. The van der Waals surface area contributed by atoms with Crippen LogP contribution in [0.5, 0.6) is 0 Å². The van der Waals surface area contributed by atoms with Crippen molar-refractivity contribution in [1.29, 1.82) is 0 Å². The molecule has 2 N–H and O–H groups in total. The largest absolute Gasteiger partial charge is 0.372 e. The second kappa shape index (κ2) is 8.26. The zero-order valence-electron chi connectivity index (χ0n) is 14.4. The molecule has 6 nitrogen and oxygen atoms in total. The van der Waals surface area contributed by atoms with E-state index in [2.05, 4.69) is 40.5 Å². The lowest BCUT2D eigenvalue weighted by Crippen LogP contribution is -3.15. The van der Waals surface area contributed by atoms with Crippen LogP contribution in [0.15, 0.2) is 23.3 Å². The Morgan fingerprint density at radius 3 is 2.79 bits per heavy atom. The fourth-order valence-corrected chi connectivity index (χ4v) is 3.25. The van der Waals surface area contributed by atoms with Gasteiger partial charge in [-0.2, -0.15) is 5.10 Å². The number of carbonyl (C=O) groups is 1. The zero-order chi connectivity index (χ0) is 16.8. The van der Waals surface area contributed by atoms with E-state index in [-0.39, 0.29) is 5.91 Å². The van der Waals surface area contributed by atoms with Crippen LogP contribution < -0.4 is 15.2 Å². The highest BCUT2D eigenvalue weighted by Gasteiger charge is 2.17. The SMILES string of the molecule is Cc1cc(N2CCCC2)ccc1/C=N\NC(=O)C[NH+]1CCOCC1. The molecule has 1 amide bonds. The summed E-state index contributed by atoms with van der Waals surface area (Å²) in [5, 5.41) is 4.11. The summed E-state index contributed by atoms with van der Waals surface area (Å²) in [6.45, 7) is 8.05. The van der Waals surface area contributed by atoms with Crippen LogP contribution >= 0.6 is 0 Å². The van der Waals surface area contributed by atoms with Gasteiger partial charge in [0.05, 0.1) is 19.4 Å². The summed E-state index contributed by atoms with van der Waals surface area (Å²) in [4.78, 5) is 15.6. The highest BCUT2D eigenvalue weighted by atomic mass is 16.5. The number of ether oxygens (including phenoxy) is 1. The first-order valence-electron chi connectivity index (χ1n) is 8.81. The Labute approximate surface area is 143 Å². The maximum atomic E-state index is 11.9. The Morgan fingerprint density at radius 2 is 2.08 bits per heavy atom. The Kier molecular flexibility index (Phi) is 5.82. The fraction of sp³-hybridized carbons (Fsp3) is 0.556. The van der Waals surface area contributed by atoms with Gasteiger partial charge in [0.2, 0.25) is 0 Å². The minimum atomic E-state index is -0.0468. The Morgan fingerprint density at radius 1 is 1.33 bits per heavy atom. The maximum Gasteiger partial charge on any atom is 0.295 e. The summed E-state index contributed by atoms with van der Waals surface area (Å²) < 4.78 is 5.29. The first-order chi connectivity index (χ1) is 11.7. The van der Waals surface area contributed by atoms with Crippen molar-refractivity contribution >= 4 is 17.8 Å². The third kappa shape index (κ3) is 4.55. The number of rotatable bonds is 5. The summed E-state index contributed by atoms with van der Waals surface area (Å²) in [6, 6.07) is 6.41. The topological polar surface area (TPSA) is 58.4 Å². The number of nitrogens with one attached hydrogen (secondary N) is 2. The second-order valence-electron chi connectivity index (χ2n) is 6.57. The van der Waals surface area contributed by atoms with E-state index in [9.17, 15) is 4.79 Å². The third-order valence-corrected chi connectivity index (χ3v) is 4.73. The first kappa shape index (κ1) is 16.9. The van der Waals surface area contributed by atoms with Crippen LogP contribution in [0, 0.1) is 6.92 Å². The average molecular weight is 331 g/mol. The number of aryl methyl sites for hydroxylation is 1. The van der Waals surface area contributed by atoms with E-state index in [1.54, 1.807) is 6.21 Å². The summed E-state index contributed by atoms with van der Waals surface area (Å²) in [6.07, 6.45) is 4.29. The van der Waals surface area contributed by atoms with Gasteiger partial charge in [-0.1, -0.05) is 6.07 Å². The molecule has 0 atom stereocenters. The molecule has 24 heavy (non-hydrogen) atoms. The molecule has 1 aromatic carbocycles. The van der Waals surface area contributed by atoms with E-state index in [1.807, 2.05) is 0 Å². The summed E-state index contributed by atoms with van der Waals surface area (Å²) in [7, 11) is 0. The molecule has 2 fully saturated rings. The molecule has 6 heteroatoms. The normalized spacial score (nSPS) is 19.1. The molecule has 1 aromatic rings. The monoisotopic (exact) mass is 331 g/mol. The van der Waals surface area contributed by atoms with Crippen molar-refractivity contribution in [1.82, 2.24) is 5.43 Å². The van der Waals surface area contributed by atoms with E-state index in [4.69, 9.17) is 4.74 Å². The molecule has 3 rings (SSSR count). The van der Waals surface area contributed by atoms with E-state index < -0.39 is 0 Å². The van der Waals surface area contributed by atoms with Gasteiger partial charge in [-0.05, 0) is 43.0 Å². The number of hydrogen-bond acceptors (Lipinski definition) is 4. The second-order valence-corrected chi connectivity index (χ2v) is 6.57. The van der Waals surface area contributed by atoms with Crippen molar-refractivity contribution < 1.29 is 14.4 Å². The molecule has 130 valence electrons. The van der Waals surface area contributed by atoms with Crippen molar-refractivity contribution in [2.45, 2.75) is 19.8 Å². The molecule has 0 unspecified atom stereocenters. The summed E-state index contributed by atoms with van der Waals surface area (Å²) >= 11 is 0. The molecule has 2 saturated heterocycles. The first-order valence-corrected chi connectivity index (χ1v) is 8.81. The van der Waals surface area contributed by atoms with Gasteiger partial charge in [-0.25, -0.2) is 5.43 Å². The van der Waals surface area contributed by atoms with Gasteiger partial charge in [0, 0.05) is 18.8 Å². The van der Waals surface area contributed by atoms with Crippen LogP contribution in [0.4, 0.5) is 5.69 Å². The zero-order valence-corrected chi connectivity index (χ0v) is 14.4. The van der Waals surface area contributed by atoms with Crippen molar-refractivity contribution in [2.24, 2.45) is 5.10 Å². The summed E-state index contributed by atoms with van der Waals surface area (Å²) in [5.74, 6) is -0.0468. The lowest BCUT2D eigenvalue weighted by atomic mass is 10.1. The Hall–Kier alpha value is -1.92. The minimum Gasteiger partial charge on any atom is -0.372 e. The smallest absolute Gasteiger partial charge is 0.295 e. The Bertz CT molecular complexity index is 591. The maximum absolute atomic E-state index is 11.9. The molecule has 2 aliphatic rings. The minimum absolute atomic E-state index is 0.0468. The molecular formula is C18H27N4O2+. The van der Waals surface area contributed by atoms with Crippen LogP contribution in [-0.2, 0) is 9.53 Å². The molecule has 0 aromatic heterocycles. The van der Waals surface area contributed by atoms with Gasteiger partial charge in [0.1, 0.15) is 13.1 Å². The molecule has 0 aliphatic carbocycles. The van der Waals surface area contributed by atoms with Crippen LogP contribution in [0.25, 0.3) is 0 Å². The van der Waals surface area contributed by atoms with Gasteiger partial charge in [-0.15, -0.1) is 0 Å². The van der Waals surface area contributed by atoms with Crippen molar-refractivity contribution in [3.63, 3.8) is 0 Å². The molecule has 0 bridgehead atoms. The number of anilines is 1. The molecule has 0 radical (unpaired) electrons. The highest BCUT2D eigenvalue weighted by molar-refractivity contribution is 5.84. The third-order valence-electron chi connectivity index (χ3n) is 4.73. The van der Waals surface area contributed by atoms with Crippen LogP contribution in [-0.4, -0.2) is 58.1 Å². The number of hydrogen-bond donors (Lipinski definition) is 2. The number of amides is 1. The van der Waals surface area contributed by atoms with Crippen molar-refractivity contribution in [2.75, 3.05) is 50.8 Å². The van der Waals surface area contributed by atoms with Crippen molar-refractivity contribution in [3.8, 4) is 0 Å². The number of nitrogens with zero attached hydrogens (tertiary/aromatic N) is 2. The fourth-order valence-electron chi connectivity index (χ4n) is 3.25. The van der Waals surface area contributed by atoms with Gasteiger partial charge >= 0.3 is 0 Å². The summed E-state index contributed by atoms with van der Waals surface area (Å²) in [5.41, 5.74) is 6.13. The van der Waals surface area contributed by atoms with Gasteiger partial charge < -0.3 is 14.5 Å². The van der Waals surface area contributed by atoms with Crippen LogP contribution in [0.2, 0.25) is 0 Å². The Balaban J connectivity index is 1.51. The molecule has 2 heterocycles. The molecular weight excluding hydrogens is 304 g/mol. The van der Waals surface area contributed by atoms with Crippen LogP contribution in [0.3, 0.4) is 0 Å². The van der Waals surface area contributed by atoms with Gasteiger partial charge in [0.15, 0.2) is 6.54 Å². The number of hydrazone groups is 1. The molecule has 0 saturated carbocycles. The highest BCUT2D eigenvalue weighted by Crippen LogP contribution is 2.22. The van der Waals surface area contributed by atoms with E-state index in [0.29, 0.717) is 6.54 Å². The van der Waals surface area contributed by atoms with E-state index in [0.717, 1.165) is 45.0 Å². The number of morpholine rings is 1. The molecule has 2 aliphatic heterocycles. The van der Waals surface area contributed by atoms with E-state index in [1.165, 1.54) is 29.0 Å². The standard InChI is InChI=1S/C18H26N4O2/c1-15-12-17(22-6-2-3-7-22)5-4-16(15)13-19-20-18(23)14-21-8-10-24-11-9-21/h4-5,12-13H,2-3,6-11,14H2,1H3,(H,20,23)/p+1/b19-13-. The lowest BCUT2D eigenvalue weighted by Gasteiger charge is -2.22. The van der Waals surface area contributed by atoms with Gasteiger partial charge in [-0.3, -0.25) is 4.79 Å². The van der Waals surface area contributed by atoms with Crippen LogP contribution in [0.1, 0.15) is 24.0 Å². The predicted octanol–water partition coefficient (Wildman–Crippen LogP) is -0.0396. The quantitative estimate of drug-likeness (QED) is 0.588. The lowest BCUT2D eigenvalue weighted by molar-refractivity contribution is -0.900.